The van der Waals surface area contributed by atoms with E-state index in [1.54, 1.807) is 11.8 Å². The fourth-order valence-electron chi connectivity index (χ4n) is 3.41. The largest absolute Gasteiger partial charge is 0.497 e. The third-order valence-electron chi connectivity index (χ3n) is 4.79. The molecule has 8 heteroatoms. The zero-order valence-corrected chi connectivity index (χ0v) is 16.7. The van der Waals surface area contributed by atoms with Crippen LogP contribution in [0.15, 0.2) is 72.0 Å². The number of methoxy groups -OCH3 is 1. The van der Waals surface area contributed by atoms with Crippen LogP contribution in [0.4, 0.5) is 5.95 Å². The Morgan fingerprint density at radius 3 is 2.79 bits per heavy atom. The maximum atomic E-state index is 12.3. The van der Waals surface area contributed by atoms with E-state index in [2.05, 4.69) is 34.1 Å². The van der Waals surface area contributed by atoms with Gasteiger partial charge < -0.3 is 15.8 Å². The maximum Gasteiger partial charge on any atom is 0.229 e. The third-order valence-corrected chi connectivity index (χ3v) is 5.70. The van der Waals surface area contributed by atoms with Gasteiger partial charge >= 0.3 is 0 Å². The number of carbonyl (C=O) groups excluding carboxylic acids is 1. The van der Waals surface area contributed by atoms with Crippen LogP contribution in [0.25, 0.3) is 0 Å². The molecular formula is C21H21N5O2S. The van der Waals surface area contributed by atoms with Crippen molar-refractivity contribution in [2.75, 3.05) is 12.4 Å². The van der Waals surface area contributed by atoms with E-state index < -0.39 is 17.9 Å². The predicted octanol–water partition coefficient (Wildman–Crippen LogP) is 3.21. The van der Waals surface area contributed by atoms with Gasteiger partial charge in [0.25, 0.3) is 0 Å². The van der Waals surface area contributed by atoms with Gasteiger partial charge in [0.05, 0.1) is 13.2 Å². The van der Waals surface area contributed by atoms with Gasteiger partial charge in [-0.25, -0.2) is 4.68 Å². The third kappa shape index (κ3) is 3.84. The first-order valence-corrected chi connectivity index (χ1v) is 10.1. The van der Waals surface area contributed by atoms with Crippen LogP contribution in [0, 0.1) is 5.92 Å². The molecule has 0 aliphatic carbocycles. The van der Waals surface area contributed by atoms with Crippen molar-refractivity contribution in [2.24, 2.45) is 11.7 Å². The molecule has 148 valence electrons. The number of amides is 1. The van der Waals surface area contributed by atoms with E-state index in [-0.39, 0.29) is 0 Å². The highest BCUT2D eigenvalue weighted by atomic mass is 32.2. The summed E-state index contributed by atoms with van der Waals surface area (Å²) in [6.45, 7) is 4.01. The summed E-state index contributed by atoms with van der Waals surface area (Å²) in [4.78, 5) is 16.8. The van der Waals surface area contributed by atoms with Crippen LogP contribution in [-0.2, 0) is 10.5 Å². The second-order valence-corrected chi connectivity index (χ2v) is 7.63. The number of nitrogens with one attached hydrogen (secondary N) is 1. The molecule has 0 radical (unpaired) electrons. The van der Waals surface area contributed by atoms with Crippen molar-refractivity contribution < 1.29 is 9.53 Å². The Morgan fingerprint density at radius 1 is 1.28 bits per heavy atom. The standard InChI is InChI=1S/C21H21N5O2S/c1-13-17(19(22)27)18(15-9-6-10-16(11-15)28-2)26-20(23-13)24-21(25-26)29-12-14-7-4-3-5-8-14/h3-11,17-18H,1,12H2,2H3,(H2,22,27)(H,23,24,25)/t17-,18+/m0/s1. The molecule has 1 aromatic heterocycles. The van der Waals surface area contributed by atoms with Crippen LogP contribution in [0.5, 0.6) is 5.75 Å². The quantitative estimate of drug-likeness (QED) is 0.609. The van der Waals surface area contributed by atoms with Crippen molar-refractivity contribution in [3.05, 3.63) is 78.0 Å². The number of hydrogen-bond acceptors (Lipinski definition) is 6. The summed E-state index contributed by atoms with van der Waals surface area (Å²) >= 11 is 1.53. The topological polar surface area (TPSA) is 95.1 Å². The number of nitrogens with zero attached hydrogens (tertiary/aromatic N) is 3. The molecule has 7 nitrogen and oxygen atoms in total. The van der Waals surface area contributed by atoms with Gasteiger partial charge in [-0.05, 0) is 23.3 Å². The van der Waals surface area contributed by atoms with Crippen molar-refractivity contribution in [3.63, 3.8) is 0 Å². The monoisotopic (exact) mass is 407 g/mol. The van der Waals surface area contributed by atoms with Gasteiger partial charge in [0.15, 0.2) is 0 Å². The molecule has 1 amide bonds. The fraction of sp³-hybridized carbons (Fsp3) is 0.190. The van der Waals surface area contributed by atoms with E-state index in [1.165, 1.54) is 17.3 Å². The molecular weight excluding hydrogens is 386 g/mol. The number of nitrogens with two attached hydrogens (primary N) is 1. The van der Waals surface area contributed by atoms with Crippen molar-refractivity contribution in [1.29, 1.82) is 0 Å². The second kappa shape index (κ2) is 8.00. The Balaban J connectivity index is 1.70. The number of aromatic nitrogens is 3. The highest BCUT2D eigenvalue weighted by Crippen LogP contribution is 2.39. The summed E-state index contributed by atoms with van der Waals surface area (Å²) < 4.78 is 7.06. The number of primary amides is 1. The molecule has 3 aromatic rings. The fourth-order valence-corrected chi connectivity index (χ4v) is 4.19. The second-order valence-electron chi connectivity index (χ2n) is 6.69. The van der Waals surface area contributed by atoms with Gasteiger partial charge in [-0.2, -0.15) is 4.98 Å². The lowest BCUT2D eigenvalue weighted by molar-refractivity contribution is -0.121. The Kier molecular flexibility index (Phi) is 5.26. The van der Waals surface area contributed by atoms with E-state index in [0.29, 0.717) is 22.6 Å². The number of ether oxygens (including phenoxy) is 1. The van der Waals surface area contributed by atoms with E-state index >= 15 is 0 Å². The Bertz CT molecular complexity index is 1050. The summed E-state index contributed by atoms with van der Waals surface area (Å²) in [6, 6.07) is 17.2. The molecule has 0 bridgehead atoms. The summed E-state index contributed by atoms with van der Waals surface area (Å²) in [5.74, 6) is 0.832. The first kappa shape index (κ1) is 19.1. The summed E-state index contributed by atoms with van der Waals surface area (Å²) in [6.07, 6.45) is 0. The van der Waals surface area contributed by atoms with Gasteiger partial charge in [0.1, 0.15) is 11.7 Å². The van der Waals surface area contributed by atoms with Crippen molar-refractivity contribution >= 4 is 23.6 Å². The minimum atomic E-state index is -0.664. The number of hydrogen-bond donors (Lipinski definition) is 2. The molecule has 0 saturated carbocycles. The van der Waals surface area contributed by atoms with Crippen LogP contribution in [-0.4, -0.2) is 27.8 Å². The predicted molar refractivity (Wildman–Crippen MR) is 113 cm³/mol. The van der Waals surface area contributed by atoms with Crippen LogP contribution in [0.3, 0.4) is 0 Å². The van der Waals surface area contributed by atoms with Gasteiger partial charge in [-0.3, -0.25) is 4.79 Å². The Morgan fingerprint density at radius 2 is 2.07 bits per heavy atom. The molecule has 29 heavy (non-hydrogen) atoms. The highest BCUT2D eigenvalue weighted by molar-refractivity contribution is 7.98. The van der Waals surface area contributed by atoms with Gasteiger partial charge in [-0.1, -0.05) is 60.8 Å². The first-order chi connectivity index (χ1) is 14.1. The first-order valence-electron chi connectivity index (χ1n) is 9.09. The summed E-state index contributed by atoms with van der Waals surface area (Å²) in [5.41, 5.74) is 8.25. The number of thioether (sulfide) groups is 1. The molecule has 2 aromatic carbocycles. The molecule has 1 aliphatic rings. The summed E-state index contributed by atoms with van der Waals surface area (Å²) in [7, 11) is 1.60. The van der Waals surface area contributed by atoms with E-state index in [0.717, 1.165) is 11.3 Å². The average molecular weight is 407 g/mol. The molecule has 0 fully saturated rings. The van der Waals surface area contributed by atoms with Crippen LogP contribution >= 0.6 is 11.8 Å². The van der Waals surface area contributed by atoms with Crippen molar-refractivity contribution in [2.45, 2.75) is 17.0 Å². The normalized spacial score (nSPS) is 18.0. The van der Waals surface area contributed by atoms with E-state index in [1.807, 2.05) is 42.5 Å². The van der Waals surface area contributed by atoms with Gasteiger partial charge in [-0.15, -0.1) is 5.10 Å². The Labute approximate surface area is 173 Å². The lowest BCUT2D eigenvalue weighted by Gasteiger charge is -2.32. The Hall–Kier alpha value is -3.26. The molecule has 4 rings (SSSR count). The highest BCUT2D eigenvalue weighted by Gasteiger charge is 2.39. The average Bonchev–Trinajstić information content (AvgIpc) is 3.14. The molecule has 0 unspecified atom stereocenters. The van der Waals surface area contributed by atoms with Crippen molar-refractivity contribution in [3.8, 4) is 5.75 Å². The zero-order chi connectivity index (χ0) is 20.4. The van der Waals surface area contributed by atoms with E-state index in [4.69, 9.17) is 10.5 Å². The number of carbonyl (C=O) groups is 1. The SMILES string of the molecule is C=C1Nc2nc(SCc3ccccc3)nn2[C@H](c2cccc(OC)c2)[C@H]1C(N)=O. The number of fused-ring (bicyclic) bond motifs is 1. The molecule has 0 spiro atoms. The number of anilines is 1. The minimum absolute atomic E-state index is 0.454. The molecule has 0 saturated heterocycles. The maximum absolute atomic E-state index is 12.3. The lowest BCUT2D eigenvalue weighted by Crippen LogP contribution is -2.40. The molecule has 2 heterocycles. The van der Waals surface area contributed by atoms with Gasteiger partial charge in [0.2, 0.25) is 17.0 Å². The molecule has 3 N–H and O–H groups in total. The lowest BCUT2D eigenvalue weighted by atomic mass is 9.88. The molecule has 2 atom stereocenters. The molecule has 1 aliphatic heterocycles. The minimum Gasteiger partial charge on any atom is -0.497 e. The number of rotatable bonds is 6. The van der Waals surface area contributed by atoms with Crippen LogP contribution in [0.2, 0.25) is 0 Å². The van der Waals surface area contributed by atoms with E-state index in [9.17, 15) is 4.79 Å². The van der Waals surface area contributed by atoms with Crippen molar-refractivity contribution in [1.82, 2.24) is 14.8 Å². The van der Waals surface area contributed by atoms with Crippen LogP contribution < -0.4 is 15.8 Å². The van der Waals surface area contributed by atoms with Crippen LogP contribution in [0.1, 0.15) is 17.2 Å². The van der Waals surface area contributed by atoms with Gasteiger partial charge in [0, 0.05) is 11.4 Å². The summed E-state index contributed by atoms with van der Waals surface area (Å²) in [5, 5.41) is 8.36. The number of benzene rings is 2. The zero-order valence-electron chi connectivity index (χ0n) is 15.9. The smallest absolute Gasteiger partial charge is 0.229 e.